The molecule has 4 rings (SSSR count). The molecule has 4 aromatic rings. The van der Waals surface area contributed by atoms with Gasteiger partial charge >= 0.3 is 6.18 Å². The van der Waals surface area contributed by atoms with Gasteiger partial charge in [-0.3, -0.25) is 9.63 Å². The molecule has 0 fully saturated rings. The summed E-state index contributed by atoms with van der Waals surface area (Å²) in [6.07, 6.45) is -3.02. The number of nitrogens with zero attached hydrogens (tertiary/aromatic N) is 6. The Morgan fingerprint density at radius 3 is 2.57 bits per heavy atom. The standard InChI is InChI=1S/C20H20F3N7O4S/c1-5-35(32,33)19-14(16-24-7-6-13(30(16)27-19)18(31)28-34-10(2)3)17-26-12-8-11(20(21,22)23)9-25-15(12)29(17)4/h6-10H,5H2,1-4H3,(H,28,31). The van der Waals surface area contributed by atoms with E-state index in [1.54, 1.807) is 13.8 Å². The molecular weight excluding hydrogens is 491 g/mol. The van der Waals surface area contributed by atoms with Crippen molar-refractivity contribution < 1.29 is 31.2 Å². The summed E-state index contributed by atoms with van der Waals surface area (Å²) < 4.78 is 67.8. The molecule has 11 nitrogen and oxygen atoms in total. The van der Waals surface area contributed by atoms with Crippen LogP contribution >= 0.6 is 0 Å². The van der Waals surface area contributed by atoms with Gasteiger partial charge in [-0.1, -0.05) is 6.92 Å². The minimum absolute atomic E-state index is 0.0302. The number of hydroxylamine groups is 1. The molecule has 186 valence electrons. The minimum Gasteiger partial charge on any atom is -0.312 e. The molecule has 0 aliphatic rings. The Hall–Kier alpha value is -3.59. The van der Waals surface area contributed by atoms with Crippen LogP contribution in [0.2, 0.25) is 0 Å². The first-order chi connectivity index (χ1) is 16.3. The number of nitrogens with one attached hydrogen (secondary N) is 1. The fourth-order valence-electron chi connectivity index (χ4n) is 3.33. The number of carbonyl (C=O) groups excluding carboxylic acids is 1. The van der Waals surface area contributed by atoms with E-state index in [1.807, 2.05) is 0 Å². The molecular formula is C20H20F3N7O4S. The maximum Gasteiger partial charge on any atom is 0.417 e. The van der Waals surface area contributed by atoms with Crippen molar-refractivity contribution in [2.45, 2.75) is 38.1 Å². The van der Waals surface area contributed by atoms with E-state index in [0.29, 0.717) is 6.20 Å². The lowest BCUT2D eigenvalue weighted by Crippen LogP contribution is -2.28. The van der Waals surface area contributed by atoms with E-state index in [0.717, 1.165) is 10.6 Å². The monoisotopic (exact) mass is 511 g/mol. The second kappa shape index (κ2) is 8.57. The number of aromatic nitrogens is 6. The van der Waals surface area contributed by atoms with Crippen LogP contribution in [0, 0.1) is 0 Å². The first-order valence-electron chi connectivity index (χ1n) is 10.3. The number of amides is 1. The van der Waals surface area contributed by atoms with Crippen LogP contribution in [0.4, 0.5) is 13.2 Å². The number of hydrogen-bond donors (Lipinski definition) is 1. The summed E-state index contributed by atoms with van der Waals surface area (Å²) in [4.78, 5) is 30.1. The van der Waals surface area contributed by atoms with Crippen LogP contribution in [0.3, 0.4) is 0 Å². The number of carbonyl (C=O) groups is 1. The lowest BCUT2D eigenvalue weighted by molar-refractivity contribution is -0.137. The Morgan fingerprint density at radius 2 is 1.94 bits per heavy atom. The van der Waals surface area contributed by atoms with Gasteiger partial charge in [-0.2, -0.15) is 18.3 Å². The lowest BCUT2D eigenvalue weighted by atomic mass is 10.2. The highest BCUT2D eigenvalue weighted by atomic mass is 32.2. The molecule has 0 spiro atoms. The van der Waals surface area contributed by atoms with E-state index in [1.165, 1.54) is 30.8 Å². The largest absolute Gasteiger partial charge is 0.417 e. The van der Waals surface area contributed by atoms with Gasteiger partial charge in [-0.05, 0) is 26.0 Å². The third kappa shape index (κ3) is 4.32. The first-order valence-corrected chi connectivity index (χ1v) is 12.0. The van der Waals surface area contributed by atoms with Gasteiger partial charge in [0.25, 0.3) is 5.91 Å². The number of imidazole rings is 1. The fourth-order valence-corrected chi connectivity index (χ4v) is 4.30. The van der Waals surface area contributed by atoms with Crippen molar-refractivity contribution in [2.75, 3.05) is 5.75 Å². The van der Waals surface area contributed by atoms with Crippen LogP contribution in [-0.2, 0) is 27.9 Å². The molecule has 0 radical (unpaired) electrons. The summed E-state index contributed by atoms with van der Waals surface area (Å²) in [5.74, 6) is -1.07. The van der Waals surface area contributed by atoms with Gasteiger partial charge in [-0.25, -0.2) is 33.4 Å². The summed E-state index contributed by atoms with van der Waals surface area (Å²) >= 11 is 0. The predicted octanol–water partition coefficient (Wildman–Crippen LogP) is 2.56. The van der Waals surface area contributed by atoms with Crippen molar-refractivity contribution in [3.63, 3.8) is 0 Å². The highest BCUT2D eigenvalue weighted by Crippen LogP contribution is 2.34. The van der Waals surface area contributed by atoms with Gasteiger partial charge < -0.3 is 4.57 Å². The Kier molecular flexibility index (Phi) is 6.00. The van der Waals surface area contributed by atoms with Crippen LogP contribution in [0.15, 0.2) is 29.6 Å². The summed E-state index contributed by atoms with van der Waals surface area (Å²) in [6.45, 7) is 4.81. The van der Waals surface area contributed by atoms with Crippen LogP contribution < -0.4 is 5.48 Å². The SMILES string of the molecule is CCS(=O)(=O)c1nn2c(C(=O)NOC(C)C)ccnc2c1-c1nc2cc(C(F)(F)F)cnc2n1C. The first kappa shape index (κ1) is 24.5. The van der Waals surface area contributed by atoms with Crippen LogP contribution in [-0.4, -0.2) is 55.3 Å². The van der Waals surface area contributed by atoms with Crippen molar-refractivity contribution in [3.05, 3.63) is 35.8 Å². The van der Waals surface area contributed by atoms with Crippen LogP contribution in [0.5, 0.6) is 0 Å². The average Bonchev–Trinajstić information content (AvgIpc) is 3.34. The molecule has 1 N–H and O–H groups in total. The Morgan fingerprint density at radius 1 is 1.23 bits per heavy atom. The van der Waals surface area contributed by atoms with Gasteiger partial charge in [0.05, 0.1) is 17.4 Å². The van der Waals surface area contributed by atoms with Gasteiger partial charge in [0.15, 0.2) is 26.2 Å². The van der Waals surface area contributed by atoms with Gasteiger partial charge in [0.1, 0.15) is 22.6 Å². The summed E-state index contributed by atoms with van der Waals surface area (Å²) in [5.41, 5.74) is 1.05. The van der Waals surface area contributed by atoms with Crippen molar-refractivity contribution in [1.82, 2.24) is 34.6 Å². The van der Waals surface area contributed by atoms with E-state index >= 15 is 0 Å². The van der Waals surface area contributed by atoms with Gasteiger partial charge in [0, 0.05) is 19.4 Å². The lowest BCUT2D eigenvalue weighted by Gasteiger charge is -2.09. The maximum absolute atomic E-state index is 13.2. The molecule has 0 aliphatic heterocycles. The second-order valence-corrected chi connectivity index (χ2v) is 10.00. The van der Waals surface area contributed by atoms with E-state index in [4.69, 9.17) is 4.84 Å². The van der Waals surface area contributed by atoms with Gasteiger partial charge in [0.2, 0.25) is 0 Å². The molecule has 1 amide bonds. The molecule has 0 saturated heterocycles. The zero-order valence-corrected chi connectivity index (χ0v) is 19.8. The van der Waals surface area contributed by atoms with E-state index in [2.05, 4.69) is 25.5 Å². The number of alkyl halides is 3. The third-order valence-electron chi connectivity index (χ3n) is 5.04. The number of sulfone groups is 1. The third-order valence-corrected chi connectivity index (χ3v) is 6.68. The van der Waals surface area contributed by atoms with E-state index in [-0.39, 0.29) is 45.7 Å². The molecule has 0 atom stereocenters. The van der Waals surface area contributed by atoms with Crippen molar-refractivity contribution in [1.29, 1.82) is 0 Å². The Bertz CT molecular complexity index is 1560. The Labute approximate surface area is 196 Å². The quantitative estimate of drug-likeness (QED) is 0.391. The zero-order chi connectivity index (χ0) is 25.7. The molecule has 0 bridgehead atoms. The topological polar surface area (TPSA) is 133 Å². The maximum atomic E-state index is 13.2. The van der Waals surface area contributed by atoms with E-state index in [9.17, 15) is 26.4 Å². The number of fused-ring (bicyclic) bond motifs is 2. The van der Waals surface area contributed by atoms with Crippen LogP contribution in [0.25, 0.3) is 28.2 Å². The van der Waals surface area contributed by atoms with Crippen molar-refractivity contribution in [2.24, 2.45) is 7.05 Å². The number of hydrogen-bond acceptors (Lipinski definition) is 8. The van der Waals surface area contributed by atoms with Gasteiger partial charge in [-0.15, -0.1) is 0 Å². The Balaban J connectivity index is 2.00. The average molecular weight is 511 g/mol. The van der Waals surface area contributed by atoms with Crippen molar-refractivity contribution >= 4 is 32.6 Å². The normalized spacial score (nSPS) is 12.7. The summed E-state index contributed by atoms with van der Waals surface area (Å²) in [5, 5.41) is 3.72. The molecule has 35 heavy (non-hydrogen) atoms. The number of pyridine rings is 1. The summed E-state index contributed by atoms with van der Waals surface area (Å²) in [6, 6.07) is 2.14. The number of halogens is 3. The molecule has 15 heteroatoms. The number of aryl methyl sites for hydroxylation is 1. The minimum atomic E-state index is -4.64. The predicted molar refractivity (Wildman–Crippen MR) is 117 cm³/mol. The number of rotatable bonds is 6. The van der Waals surface area contributed by atoms with E-state index < -0.39 is 32.5 Å². The molecule has 0 saturated carbocycles. The summed E-state index contributed by atoms with van der Waals surface area (Å²) in [7, 11) is -2.51. The zero-order valence-electron chi connectivity index (χ0n) is 19.0. The second-order valence-electron chi connectivity index (χ2n) is 7.81. The highest BCUT2D eigenvalue weighted by molar-refractivity contribution is 7.91. The highest BCUT2D eigenvalue weighted by Gasteiger charge is 2.33. The molecule has 4 aromatic heterocycles. The fraction of sp³-hybridized carbons (Fsp3) is 0.350. The molecule has 4 heterocycles. The van der Waals surface area contributed by atoms with Crippen LogP contribution in [0.1, 0.15) is 36.8 Å². The molecule has 0 unspecified atom stereocenters. The molecule has 0 aromatic carbocycles. The molecule has 0 aliphatic carbocycles. The van der Waals surface area contributed by atoms with Crippen molar-refractivity contribution in [3.8, 4) is 11.4 Å². The smallest absolute Gasteiger partial charge is 0.312 e.